The van der Waals surface area contributed by atoms with Crippen molar-refractivity contribution in [3.63, 3.8) is 0 Å². The van der Waals surface area contributed by atoms with Gasteiger partial charge in [-0.1, -0.05) is 35.9 Å². The number of carbonyl (C=O) groups is 1. The second-order valence-electron chi connectivity index (χ2n) is 4.67. The Bertz CT molecular complexity index is 608. The number of halogens is 1. The number of nitrogens with one attached hydrogen (secondary N) is 1. The van der Waals surface area contributed by atoms with E-state index in [4.69, 9.17) is 11.6 Å². The van der Waals surface area contributed by atoms with Crippen LogP contribution in [0.25, 0.3) is 10.8 Å². The van der Waals surface area contributed by atoms with Gasteiger partial charge < -0.3 is 5.32 Å². The Kier molecular flexibility index (Phi) is 2.92. The minimum absolute atomic E-state index is 0.144. The molecule has 0 spiro atoms. The molecule has 3 rings (SSSR count). The third-order valence-electron chi connectivity index (χ3n) is 3.17. The molecule has 4 heteroatoms. The number of amides is 1. The number of hydrogen-bond donors (Lipinski definition) is 1. The van der Waals surface area contributed by atoms with Crippen LogP contribution in [0, 0.1) is 5.92 Å². The summed E-state index contributed by atoms with van der Waals surface area (Å²) < 4.78 is 0. The van der Waals surface area contributed by atoms with Crippen LogP contribution < -0.4 is 5.32 Å². The highest BCUT2D eigenvalue weighted by Gasteiger charge is 2.22. The van der Waals surface area contributed by atoms with Crippen LogP contribution in [-0.4, -0.2) is 17.4 Å². The van der Waals surface area contributed by atoms with Crippen molar-refractivity contribution in [1.29, 1.82) is 0 Å². The second-order valence-corrected chi connectivity index (χ2v) is 5.03. The number of benzene rings is 1. The van der Waals surface area contributed by atoms with Gasteiger partial charge in [0.05, 0.1) is 0 Å². The molecule has 3 nitrogen and oxygen atoms in total. The maximum atomic E-state index is 11.9. The van der Waals surface area contributed by atoms with Gasteiger partial charge in [-0.15, -0.1) is 0 Å². The zero-order chi connectivity index (χ0) is 12.5. The topological polar surface area (TPSA) is 42.0 Å². The summed E-state index contributed by atoms with van der Waals surface area (Å²) in [4.78, 5) is 16.1. The number of carbonyl (C=O) groups excluding carboxylic acids is 1. The molecule has 0 bridgehead atoms. The Morgan fingerprint density at radius 2 is 2.17 bits per heavy atom. The molecule has 1 N–H and O–H groups in total. The van der Waals surface area contributed by atoms with E-state index in [2.05, 4.69) is 10.3 Å². The molecule has 18 heavy (non-hydrogen) atoms. The third kappa shape index (κ3) is 2.31. The van der Waals surface area contributed by atoms with Crippen LogP contribution in [0.2, 0.25) is 5.15 Å². The predicted molar refractivity (Wildman–Crippen MR) is 71.8 cm³/mol. The van der Waals surface area contributed by atoms with Crippen LogP contribution in [-0.2, 0) is 0 Å². The fourth-order valence-electron chi connectivity index (χ4n) is 1.92. The molecular weight excluding hydrogens is 248 g/mol. The molecule has 1 fully saturated rings. The molecule has 2 aromatic rings. The number of rotatable bonds is 3. The van der Waals surface area contributed by atoms with Crippen molar-refractivity contribution in [3.05, 3.63) is 41.2 Å². The molecule has 0 atom stereocenters. The van der Waals surface area contributed by atoms with Crippen molar-refractivity contribution in [2.24, 2.45) is 5.92 Å². The molecule has 0 unspecified atom stereocenters. The van der Waals surface area contributed by atoms with Gasteiger partial charge in [-0.2, -0.15) is 0 Å². The molecule has 1 heterocycles. The van der Waals surface area contributed by atoms with Crippen molar-refractivity contribution >= 4 is 28.3 Å². The van der Waals surface area contributed by atoms with E-state index >= 15 is 0 Å². The van der Waals surface area contributed by atoms with Gasteiger partial charge >= 0.3 is 0 Å². The molecule has 92 valence electrons. The summed E-state index contributed by atoms with van der Waals surface area (Å²) in [6, 6.07) is 9.44. The fraction of sp³-hybridized carbons (Fsp3) is 0.286. The number of pyridine rings is 1. The van der Waals surface area contributed by atoms with Crippen LogP contribution in [0.5, 0.6) is 0 Å². The van der Waals surface area contributed by atoms with Gasteiger partial charge in [0, 0.05) is 11.9 Å². The number of aromatic nitrogens is 1. The predicted octanol–water partition coefficient (Wildman–Crippen LogP) is 3.03. The van der Waals surface area contributed by atoms with Crippen molar-refractivity contribution in [1.82, 2.24) is 10.3 Å². The average Bonchev–Trinajstić information content (AvgIpc) is 3.20. The summed E-state index contributed by atoms with van der Waals surface area (Å²) in [5.41, 5.74) is 0.388. The molecule has 0 saturated heterocycles. The minimum atomic E-state index is -0.144. The average molecular weight is 261 g/mol. The zero-order valence-corrected chi connectivity index (χ0v) is 10.6. The Morgan fingerprint density at radius 1 is 1.39 bits per heavy atom. The van der Waals surface area contributed by atoms with Crippen LogP contribution >= 0.6 is 11.6 Å². The maximum Gasteiger partial charge on any atom is 0.269 e. The molecule has 0 radical (unpaired) electrons. The summed E-state index contributed by atoms with van der Waals surface area (Å²) in [5.74, 6) is 0.513. The quantitative estimate of drug-likeness (QED) is 0.862. The summed E-state index contributed by atoms with van der Waals surface area (Å²) >= 11 is 6.09. The van der Waals surface area contributed by atoms with Gasteiger partial charge in [0.2, 0.25) is 0 Å². The van der Waals surface area contributed by atoms with Crippen molar-refractivity contribution < 1.29 is 4.79 Å². The van der Waals surface area contributed by atoms with Crippen LogP contribution in [0.1, 0.15) is 23.3 Å². The fourth-order valence-corrected chi connectivity index (χ4v) is 2.19. The lowest BCUT2D eigenvalue weighted by atomic mass is 10.1. The first-order chi connectivity index (χ1) is 8.74. The Labute approximate surface area is 110 Å². The molecule has 0 aliphatic heterocycles. The van der Waals surface area contributed by atoms with Crippen LogP contribution in [0.3, 0.4) is 0 Å². The highest BCUT2D eigenvalue weighted by Crippen LogP contribution is 2.27. The lowest BCUT2D eigenvalue weighted by Gasteiger charge is -2.06. The molecular formula is C14H13ClN2O. The standard InChI is InChI=1S/C14H13ClN2O/c15-13-11-4-2-1-3-10(11)7-12(17-13)14(18)16-8-9-5-6-9/h1-4,7,9H,5-6,8H2,(H,16,18). The molecule has 1 saturated carbocycles. The first kappa shape index (κ1) is 11.5. The van der Waals surface area contributed by atoms with Gasteiger partial charge in [0.15, 0.2) is 0 Å². The largest absolute Gasteiger partial charge is 0.350 e. The minimum Gasteiger partial charge on any atom is -0.350 e. The van der Waals surface area contributed by atoms with Gasteiger partial charge in [-0.3, -0.25) is 4.79 Å². The van der Waals surface area contributed by atoms with E-state index in [1.165, 1.54) is 12.8 Å². The van der Waals surface area contributed by atoms with E-state index in [1.54, 1.807) is 6.07 Å². The Hall–Kier alpha value is -1.61. The smallest absolute Gasteiger partial charge is 0.269 e. The zero-order valence-electron chi connectivity index (χ0n) is 9.82. The Morgan fingerprint density at radius 3 is 2.94 bits per heavy atom. The number of fused-ring (bicyclic) bond motifs is 1. The summed E-state index contributed by atoms with van der Waals surface area (Å²) in [6.45, 7) is 0.741. The normalized spacial score (nSPS) is 14.7. The first-order valence-corrected chi connectivity index (χ1v) is 6.45. The second kappa shape index (κ2) is 4.58. The first-order valence-electron chi connectivity index (χ1n) is 6.07. The number of nitrogens with zero attached hydrogens (tertiary/aromatic N) is 1. The van der Waals surface area contributed by atoms with Crippen LogP contribution in [0.15, 0.2) is 30.3 Å². The lowest BCUT2D eigenvalue weighted by Crippen LogP contribution is -2.26. The highest BCUT2D eigenvalue weighted by molar-refractivity contribution is 6.34. The lowest BCUT2D eigenvalue weighted by molar-refractivity contribution is 0.0947. The van der Waals surface area contributed by atoms with Crippen molar-refractivity contribution in [3.8, 4) is 0 Å². The van der Waals surface area contributed by atoms with E-state index in [0.717, 1.165) is 17.3 Å². The molecule has 1 amide bonds. The highest BCUT2D eigenvalue weighted by atomic mass is 35.5. The molecule has 1 aromatic carbocycles. The van der Waals surface area contributed by atoms with Gasteiger partial charge in [-0.25, -0.2) is 4.98 Å². The van der Waals surface area contributed by atoms with E-state index in [-0.39, 0.29) is 5.91 Å². The van der Waals surface area contributed by atoms with E-state index in [1.807, 2.05) is 24.3 Å². The van der Waals surface area contributed by atoms with E-state index in [0.29, 0.717) is 16.8 Å². The van der Waals surface area contributed by atoms with Gasteiger partial charge in [-0.05, 0) is 30.2 Å². The Balaban J connectivity index is 1.88. The van der Waals surface area contributed by atoms with Gasteiger partial charge in [0.25, 0.3) is 5.91 Å². The van der Waals surface area contributed by atoms with Gasteiger partial charge in [0.1, 0.15) is 10.8 Å². The van der Waals surface area contributed by atoms with Crippen LogP contribution in [0.4, 0.5) is 0 Å². The third-order valence-corrected chi connectivity index (χ3v) is 3.46. The summed E-state index contributed by atoms with van der Waals surface area (Å²) in [7, 11) is 0. The van der Waals surface area contributed by atoms with Crippen molar-refractivity contribution in [2.45, 2.75) is 12.8 Å². The van der Waals surface area contributed by atoms with Crippen molar-refractivity contribution in [2.75, 3.05) is 6.54 Å². The maximum absolute atomic E-state index is 11.9. The van der Waals surface area contributed by atoms with E-state index in [9.17, 15) is 4.79 Å². The number of hydrogen-bond acceptors (Lipinski definition) is 2. The van der Waals surface area contributed by atoms with E-state index < -0.39 is 0 Å². The molecule has 1 aliphatic rings. The molecule has 1 aromatic heterocycles. The molecule has 1 aliphatic carbocycles. The SMILES string of the molecule is O=C(NCC1CC1)c1cc2ccccc2c(Cl)n1. The summed E-state index contributed by atoms with van der Waals surface area (Å²) in [6.07, 6.45) is 2.43. The monoisotopic (exact) mass is 260 g/mol. The summed E-state index contributed by atoms with van der Waals surface area (Å²) in [5, 5.41) is 5.08.